The van der Waals surface area contributed by atoms with Crippen molar-refractivity contribution in [3.63, 3.8) is 0 Å². The van der Waals surface area contributed by atoms with Crippen LogP contribution >= 0.6 is 11.3 Å². The monoisotopic (exact) mass is 416 g/mol. The molecule has 2 aromatic rings. The second-order valence-corrected chi connectivity index (χ2v) is 9.35. The van der Waals surface area contributed by atoms with Crippen molar-refractivity contribution in [3.8, 4) is 5.75 Å². The van der Waals surface area contributed by atoms with Crippen LogP contribution in [0.15, 0.2) is 24.3 Å². The van der Waals surface area contributed by atoms with Crippen LogP contribution in [0.2, 0.25) is 0 Å². The molecule has 1 aromatic heterocycles. The molecule has 2 N–H and O–H groups in total. The van der Waals surface area contributed by atoms with Gasteiger partial charge in [-0.05, 0) is 70.9 Å². The predicted molar refractivity (Wildman–Crippen MR) is 115 cm³/mol. The number of esters is 1. The lowest BCUT2D eigenvalue weighted by molar-refractivity contribution is 0.0526. The first-order valence-electron chi connectivity index (χ1n) is 9.66. The van der Waals surface area contributed by atoms with E-state index in [1.54, 1.807) is 38.3 Å². The van der Waals surface area contributed by atoms with E-state index in [1.165, 1.54) is 11.3 Å². The van der Waals surface area contributed by atoms with Crippen molar-refractivity contribution in [2.24, 2.45) is 0 Å². The second-order valence-electron chi connectivity index (χ2n) is 8.33. The van der Waals surface area contributed by atoms with E-state index < -0.39 is 5.97 Å². The molecule has 0 spiro atoms. The third-order valence-electron chi connectivity index (χ3n) is 4.90. The van der Waals surface area contributed by atoms with Crippen molar-refractivity contribution in [1.82, 2.24) is 5.32 Å². The molecule has 0 saturated heterocycles. The maximum absolute atomic E-state index is 12.8. The fourth-order valence-corrected chi connectivity index (χ4v) is 5.21. The van der Waals surface area contributed by atoms with E-state index in [2.05, 4.69) is 38.3 Å². The largest absolute Gasteiger partial charge is 0.497 e. The molecule has 2 heterocycles. The highest BCUT2D eigenvalue weighted by molar-refractivity contribution is 7.17. The van der Waals surface area contributed by atoms with Crippen LogP contribution in [0, 0.1) is 0 Å². The van der Waals surface area contributed by atoms with Gasteiger partial charge in [0.1, 0.15) is 10.8 Å². The minimum Gasteiger partial charge on any atom is -0.497 e. The van der Waals surface area contributed by atoms with Crippen molar-refractivity contribution < 1.29 is 19.1 Å². The summed E-state index contributed by atoms with van der Waals surface area (Å²) in [6.45, 7) is 10.5. The number of carbonyl (C=O) groups excluding carboxylic acids is 2. The maximum atomic E-state index is 12.8. The smallest absolute Gasteiger partial charge is 0.341 e. The van der Waals surface area contributed by atoms with Gasteiger partial charge in [-0.2, -0.15) is 0 Å². The molecule has 0 saturated carbocycles. The summed E-state index contributed by atoms with van der Waals surface area (Å²) < 4.78 is 10.5. The van der Waals surface area contributed by atoms with Crippen molar-refractivity contribution in [2.75, 3.05) is 19.0 Å². The van der Waals surface area contributed by atoms with Crippen LogP contribution < -0.4 is 15.4 Å². The van der Waals surface area contributed by atoms with E-state index in [4.69, 9.17) is 9.47 Å². The summed E-state index contributed by atoms with van der Waals surface area (Å²) in [5.41, 5.74) is 1.40. The summed E-state index contributed by atoms with van der Waals surface area (Å²) in [6, 6.07) is 6.85. The van der Waals surface area contributed by atoms with Crippen LogP contribution in [-0.2, 0) is 16.7 Å². The van der Waals surface area contributed by atoms with Crippen LogP contribution in [-0.4, -0.2) is 31.1 Å². The zero-order valence-corrected chi connectivity index (χ0v) is 18.6. The van der Waals surface area contributed by atoms with E-state index in [-0.39, 0.29) is 23.6 Å². The molecule has 0 atom stereocenters. The summed E-state index contributed by atoms with van der Waals surface area (Å²) in [5.74, 6) is 0.000704. The molecular weight excluding hydrogens is 388 g/mol. The van der Waals surface area contributed by atoms with Gasteiger partial charge < -0.3 is 20.1 Å². The lowest BCUT2D eigenvalue weighted by Crippen LogP contribution is -2.55. The van der Waals surface area contributed by atoms with Crippen molar-refractivity contribution in [3.05, 3.63) is 45.8 Å². The number of benzene rings is 1. The Balaban J connectivity index is 2.03. The standard InChI is InChI=1S/C22H28N2O4S/c1-7-28-20(26)16-15-12-21(2,3)24-22(4,5)17(15)29-19(16)23-18(25)13-8-10-14(27-6)11-9-13/h8-11,24H,7,12H2,1-6H3,(H,23,25). The molecule has 0 bridgehead atoms. The SMILES string of the molecule is CCOC(=O)c1c(NC(=O)c2ccc(OC)cc2)sc2c1CC(C)(C)NC2(C)C. The molecule has 0 aliphatic carbocycles. The Hall–Kier alpha value is -2.38. The highest BCUT2D eigenvalue weighted by atomic mass is 32.1. The number of ether oxygens (including phenoxy) is 2. The Morgan fingerprint density at radius 1 is 1.17 bits per heavy atom. The first-order chi connectivity index (χ1) is 13.6. The summed E-state index contributed by atoms with van der Waals surface area (Å²) in [5, 5.41) is 7.09. The minimum atomic E-state index is -0.400. The molecule has 3 rings (SSSR count). The Morgan fingerprint density at radius 2 is 1.83 bits per heavy atom. The molecule has 0 fully saturated rings. The summed E-state index contributed by atoms with van der Waals surface area (Å²) in [6.07, 6.45) is 0.675. The Morgan fingerprint density at radius 3 is 2.41 bits per heavy atom. The van der Waals surface area contributed by atoms with Gasteiger partial charge >= 0.3 is 5.97 Å². The Kier molecular flexibility index (Phi) is 5.74. The quantitative estimate of drug-likeness (QED) is 0.709. The summed E-state index contributed by atoms with van der Waals surface area (Å²) >= 11 is 1.43. The van der Waals surface area contributed by atoms with Gasteiger partial charge in [-0.1, -0.05) is 0 Å². The van der Waals surface area contributed by atoms with Gasteiger partial charge in [0.25, 0.3) is 5.91 Å². The van der Waals surface area contributed by atoms with Gasteiger partial charge in [0, 0.05) is 21.5 Å². The van der Waals surface area contributed by atoms with Crippen LogP contribution in [0.5, 0.6) is 5.75 Å². The summed E-state index contributed by atoms with van der Waals surface area (Å²) in [4.78, 5) is 26.7. The maximum Gasteiger partial charge on any atom is 0.341 e. The molecule has 0 radical (unpaired) electrons. The normalized spacial score (nSPS) is 16.6. The molecule has 0 unspecified atom stereocenters. The molecule has 1 aromatic carbocycles. The number of thiophene rings is 1. The lowest BCUT2D eigenvalue weighted by Gasteiger charge is -2.42. The van der Waals surface area contributed by atoms with Gasteiger partial charge in [0.05, 0.1) is 19.3 Å². The van der Waals surface area contributed by atoms with Crippen LogP contribution in [0.3, 0.4) is 0 Å². The number of hydrogen-bond acceptors (Lipinski definition) is 6. The fourth-order valence-electron chi connectivity index (χ4n) is 3.95. The van der Waals surface area contributed by atoms with E-state index in [0.717, 1.165) is 10.4 Å². The number of amides is 1. The third-order valence-corrected chi connectivity index (χ3v) is 6.37. The Labute approximate surface area is 175 Å². The first-order valence-corrected chi connectivity index (χ1v) is 10.5. The number of rotatable bonds is 5. The number of fused-ring (bicyclic) bond motifs is 1. The molecule has 156 valence electrons. The molecule has 1 aliphatic rings. The van der Waals surface area contributed by atoms with E-state index in [0.29, 0.717) is 28.3 Å². The van der Waals surface area contributed by atoms with Gasteiger partial charge in [-0.15, -0.1) is 11.3 Å². The minimum absolute atomic E-state index is 0.184. The van der Waals surface area contributed by atoms with Gasteiger partial charge in [-0.3, -0.25) is 4.79 Å². The number of anilines is 1. The molecule has 1 aliphatic heterocycles. The zero-order valence-electron chi connectivity index (χ0n) is 17.8. The Bertz CT molecular complexity index is 929. The molecule has 29 heavy (non-hydrogen) atoms. The van der Waals surface area contributed by atoms with Gasteiger partial charge in [-0.25, -0.2) is 4.79 Å². The van der Waals surface area contributed by atoms with Gasteiger partial charge in [0.2, 0.25) is 0 Å². The first kappa shape index (κ1) is 21.3. The van der Waals surface area contributed by atoms with Crippen molar-refractivity contribution >= 4 is 28.2 Å². The van der Waals surface area contributed by atoms with E-state index in [9.17, 15) is 9.59 Å². The van der Waals surface area contributed by atoms with Gasteiger partial charge in [0.15, 0.2) is 0 Å². The lowest BCUT2D eigenvalue weighted by atomic mass is 9.81. The number of methoxy groups -OCH3 is 1. The highest BCUT2D eigenvalue weighted by Gasteiger charge is 2.42. The highest BCUT2D eigenvalue weighted by Crippen LogP contribution is 2.45. The average Bonchev–Trinajstić information content (AvgIpc) is 2.99. The van der Waals surface area contributed by atoms with E-state index in [1.807, 2.05) is 0 Å². The van der Waals surface area contributed by atoms with Crippen LogP contribution in [0.4, 0.5) is 5.00 Å². The second kappa shape index (κ2) is 7.80. The molecule has 6 nitrogen and oxygen atoms in total. The number of carbonyl (C=O) groups is 2. The van der Waals surface area contributed by atoms with Crippen molar-refractivity contribution in [1.29, 1.82) is 0 Å². The average molecular weight is 417 g/mol. The van der Waals surface area contributed by atoms with E-state index >= 15 is 0 Å². The zero-order chi connectivity index (χ0) is 21.4. The fraction of sp³-hybridized carbons (Fsp3) is 0.455. The number of nitrogens with one attached hydrogen (secondary N) is 2. The third kappa shape index (κ3) is 4.31. The summed E-state index contributed by atoms with van der Waals surface area (Å²) in [7, 11) is 1.58. The molecular formula is C22H28N2O4S. The predicted octanol–water partition coefficient (Wildman–Crippen LogP) is 4.35. The van der Waals surface area contributed by atoms with Crippen LogP contribution in [0.1, 0.15) is 65.8 Å². The number of hydrogen-bond donors (Lipinski definition) is 2. The topological polar surface area (TPSA) is 76.7 Å². The van der Waals surface area contributed by atoms with Crippen LogP contribution in [0.25, 0.3) is 0 Å². The molecule has 1 amide bonds. The van der Waals surface area contributed by atoms with Crippen molar-refractivity contribution in [2.45, 2.75) is 52.1 Å². The molecule has 7 heteroatoms.